The zero-order valence-electron chi connectivity index (χ0n) is 10.2. The van der Waals surface area contributed by atoms with Crippen LogP contribution in [-0.2, 0) is 9.59 Å². The second kappa shape index (κ2) is 3.20. The minimum absolute atomic E-state index is 0.203. The Morgan fingerprint density at radius 1 is 1.00 bits per heavy atom. The molecule has 0 aromatic heterocycles. The average Bonchev–Trinajstić information content (AvgIpc) is 3.01. The van der Waals surface area contributed by atoms with Crippen LogP contribution in [0.5, 0.6) is 0 Å². The molecule has 6 nitrogen and oxygen atoms in total. The number of carbonyl (C=O) groups is 2. The molecule has 4 atom stereocenters. The molecule has 1 aromatic carbocycles. The number of carbonyl (C=O) groups excluding carboxylic acids is 2. The smallest absolute Gasteiger partial charge is 0.235 e. The molecule has 0 aliphatic carbocycles. The van der Waals surface area contributed by atoms with Gasteiger partial charge in [0.05, 0.1) is 29.2 Å². The summed E-state index contributed by atoms with van der Waals surface area (Å²) in [5.74, 6) is -1.33. The van der Waals surface area contributed by atoms with Crippen LogP contribution in [-0.4, -0.2) is 28.8 Å². The Kier molecular flexibility index (Phi) is 1.80. The predicted molar refractivity (Wildman–Crippen MR) is 64.3 cm³/mol. The number of rotatable bonds is 1. The molecule has 19 heavy (non-hydrogen) atoms. The van der Waals surface area contributed by atoms with Crippen LogP contribution in [0.4, 0.5) is 0 Å². The minimum atomic E-state index is -0.463. The first-order chi connectivity index (χ1) is 9.16. The van der Waals surface area contributed by atoms with Gasteiger partial charge in [-0.15, -0.1) is 4.91 Å². The van der Waals surface area contributed by atoms with Crippen LogP contribution in [0.3, 0.4) is 0 Å². The molecule has 3 aliphatic heterocycles. The lowest BCUT2D eigenvalue weighted by molar-refractivity contribution is -0.139. The number of nitrogens with zero attached hydrogens (tertiary/aromatic N) is 3. The molecule has 3 aliphatic rings. The first kappa shape index (κ1) is 10.7. The summed E-state index contributed by atoms with van der Waals surface area (Å²) in [4.78, 5) is 36.7. The van der Waals surface area contributed by atoms with Gasteiger partial charge in [0.25, 0.3) is 0 Å². The highest BCUT2D eigenvalue weighted by Crippen LogP contribution is 2.61. The number of nitroso groups, excluding NO2 is 1. The lowest BCUT2D eigenvalue weighted by Gasteiger charge is -2.19. The van der Waals surface area contributed by atoms with Gasteiger partial charge in [-0.25, -0.2) is 5.01 Å². The normalized spacial score (nSPS) is 34.8. The summed E-state index contributed by atoms with van der Waals surface area (Å²) in [6.07, 6.45) is 0. The SMILES string of the molecule is CN1C(=O)[C@@H]2C3c4ccccc4C([C@@H]2C1=O)N3N=O. The summed E-state index contributed by atoms with van der Waals surface area (Å²) in [5.41, 5.74) is 1.90. The molecule has 6 heteroatoms. The Bertz CT molecular complexity index is 580. The van der Waals surface area contributed by atoms with E-state index in [0.717, 1.165) is 11.1 Å². The maximum atomic E-state index is 12.2. The quantitative estimate of drug-likeness (QED) is 0.556. The van der Waals surface area contributed by atoms with Gasteiger partial charge in [-0.3, -0.25) is 14.5 Å². The first-order valence-electron chi connectivity index (χ1n) is 6.18. The lowest BCUT2D eigenvalue weighted by atomic mass is 9.77. The van der Waals surface area contributed by atoms with Crippen LogP contribution in [0.15, 0.2) is 29.6 Å². The van der Waals surface area contributed by atoms with Gasteiger partial charge in [-0.05, 0) is 11.1 Å². The molecule has 4 rings (SSSR count). The summed E-state index contributed by atoms with van der Waals surface area (Å²) in [6.45, 7) is 0. The summed E-state index contributed by atoms with van der Waals surface area (Å²) < 4.78 is 0. The number of amides is 2. The molecule has 2 unspecified atom stereocenters. The molecule has 2 saturated heterocycles. The molecular weight excluding hydrogens is 246 g/mol. The number of hydrogen-bond donors (Lipinski definition) is 0. The number of likely N-dealkylation sites (tertiary alicyclic amines) is 1. The van der Waals surface area contributed by atoms with E-state index >= 15 is 0 Å². The molecule has 3 heterocycles. The first-order valence-corrected chi connectivity index (χ1v) is 6.18. The molecule has 96 valence electrons. The second-order valence-corrected chi connectivity index (χ2v) is 5.27. The third kappa shape index (κ3) is 0.995. The van der Waals surface area contributed by atoms with Crippen molar-refractivity contribution in [1.29, 1.82) is 0 Å². The predicted octanol–water partition coefficient (Wildman–Crippen LogP) is 1.01. The van der Waals surface area contributed by atoms with E-state index in [9.17, 15) is 14.5 Å². The van der Waals surface area contributed by atoms with Gasteiger partial charge in [-0.2, -0.15) is 0 Å². The molecule has 2 amide bonds. The van der Waals surface area contributed by atoms with E-state index in [1.165, 1.54) is 17.0 Å². The van der Waals surface area contributed by atoms with E-state index in [1.54, 1.807) is 0 Å². The maximum Gasteiger partial charge on any atom is 0.235 e. The molecule has 2 fully saturated rings. The van der Waals surface area contributed by atoms with Crippen LogP contribution >= 0.6 is 0 Å². The van der Waals surface area contributed by atoms with Crippen molar-refractivity contribution >= 4 is 11.8 Å². The third-order valence-corrected chi connectivity index (χ3v) is 4.60. The van der Waals surface area contributed by atoms with Crippen molar-refractivity contribution in [2.45, 2.75) is 12.1 Å². The maximum absolute atomic E-state index is 12.2. The van der Waals surface area contributed by atoms with Gasteiger partial charge < -0.3 is 0 Å². The standard InChI is InChI=1S/C13H11N3O3/c1-15-12(17)8-9(13(15)18)11-7-5-3-2-4-6(7)10(8)16(11)14-19/h2-5,8-11H,1H3/t8-,9+,10?,11?. The molecule has 0 radical (unpaired) electrons. The van der Waals surface area contributed by atoms with E-state index in [-0.39, 0.29) is 23.9 Å². The van der Waals surface area contributed by atoms with Crippen molar-refractivity contribution in [3.63, 3.8) is 0 Å². The molecule has 1 aromatic rings. The lowest BCUT2D eigenvalue weighted by Crippen LogP contribution is -2.31. The van der Waals surface area contributed by atoms with Gasteiger partial charge in [0.2, 0.25) is 11.8 Å². The Hall–Kier alpha value is -2.24. The van der Waals surface area contributed by atoms with Crippen LogP contribution < -0.4 is 0 Å². The Labute approximate surface area is 108 Å². The zero-order valence-corrected chi connectivity index (χ0v) is 10.2. The Balaban J connectivity index is 1.94. The molecule has 0 saturated carbocycles. The van der Waals surface area contributed by atoms with Gasteiger partial charge in [0, 0.05) is 7.05 Å². The second-order valence-electron chi connectivity index (χ2n) is 5.27. The van der Waals surface area contributed by atoms with Gasteiger partial charge in [0.15, 0.2) is 0 Å². The topological polar surface area (TPSA) is 70.1 Å². The van der Waals surface area contributed by atoms with Crippen molar-refractivity contribution in [1.82, 2.24) is 9.91 Å². The third-order valence-electron chi connectivity index (χ3n) is 4.60. The Morgan fingerprint density at radius 3 is 1.89 bits per heavy atom. The molecule has 0 N–H and O–H groups in total. The number of hydrogen-bond acceptors (Lipinski definition) is 4. The zero-order chi connectivity index (χ0) is 13.3. The van der Waals surface area contributed by atoms with Gasteiger partial charge in [-0.1, -0.05) is 24.3 Å². The highest BCUT2D eigenvalue weighted by Gasteiger charge is 2.66. The fourth-order valence-corrected chi connectivity index (χ4v) is 3.85. The van der Waals surface area contributed by atoms with E-state index in [4.69, 9.17) is 0 Å². The highest BCUT2D eigenvalue weighted by molar-refractivity contribution is 6.06. The summed E-state index contributed by atoms with van der Waals surface area (Å²) in [5, 5.41) is 4.46. The number of fused-ring (bicyclic) bond motifs is 8. The number of imide groups is 1. The molecular formula is C13H11N3O3. The van der Waals surface area contributed by atoms with Crippen LogP contribution in [0.25, 0.3) is 0 Å². The van der Waals surface area contributed by atoms with E-state index in [2.05, 4.69) is 5.29 Å². The Morgan fingerprint density at radius 2 is 1.47 bits per heavy atom. The monoisotopic (exact) mass is 257 g/mol. The van der Waals surface area contributed by atoms with Gasteiger partial charge >= 0.3 is 0 Å². The average molecular weight is 257 g/mol. The van der Waals surface area contributed by atoms with Crippen molar-refractivity contribution < 1.29 is 9.59 Å². The van der Waals surface area contributed by atoms with Crippen LogP contribution in [0.2, 0.25) is 0 Å². The van der Waals surface area contributed by atoms with Crippen molar-refractivity contribution in [3.05, 3.63) is 40.3 Å². The van der Waals surface area contributed by atoms with E-state index in [0.29, 0.717) is 0 Å². The van der Waals surface area contributed by atoms with Crippen molar-refractivity contribution in [2.24, 2.45) is 17.1 Å². The minimum Gasteiger partial charge on any atom is -0.285 e. The number of benzene rings is 1. The van der Waals surface area contributed by atoms with Crippen molar-refractivity contribution in [2.75, 3.05) is 7.05 Å². The summed E-state index contributed by atoms with van der Waals surface area (Å²) in [6, 6.07) is 6.80. The van der Waals surface area contributed by atoms with Crippen LogP contribution in [0, 0.1) is 16.7 Å². The fourth-order valence-electron chi connectivity index (χ4n) is 3.85. The van der Waals surface area contributed by atoms with E-state index in [1.807, 2.05) is 24.3 Å². The summed E-state index contributed by atoms with van der Waals surface area (Å²) in [7, 11) is 1.51. The largest absolute Gasteiger partial charge is 0.285 e. The molecule has 2 bridgehead atoms. The van der Waals surface area contributed by atoms with Crippen molar-refractivity contribution in [3.8, 4) is 0 Å². The fraction of sp³-hybridized carbons (Fsp3) is 0.385. The summed E-state index contributed by atoms with van der Waals surface area (Å²) >= 11 is 0. The van der Waals surface area contributed by atoms with E-state index < -0.39 is 11.8 Å². The van der Waals surface area contributed by atoms with Crippen LogP contribution in [0.1, 0.15) is 23.2 Å². The molecule has 0 spiro atoms. The van der Waals surface area contributed by atoms with Gasteiger partial charge in [0.1, 0.15) is 0 Å². The highest BCUT2D eigenvalue weighted by atomic mass is 16.3.